The van der Waals surface area contributed by atoms with Crippen LogP contribution in [0.2, 0.25) is 0 Å². The molecule has 1 aromatic carbocycles. The number of benzene rings is 1. The van der Waals surface area contributed by atoms with Gasteiger partial charge in [-0.3, -0.25) is 4.79 Å². The Morgan fingerprint density at radius 3 is 2.57 bits per heavy atom. The van der Waals surface area contributed by atoms with Gasteiger partial charge in [-0.05, 0) is 89.4 Å². The second kappa shape index (κ2) is 10.0. The predicted molar refractivity (Wildman–Crippen MR) is 143 cm³/mol. The summed E-state index contributed by atoms with van der Waals surface area (Å²) in [7, 11) is 4.26. The molecule has 8 nitrogen and oxygen atoms in total. The molecule has 0 bridgehead atoms. The van der Waals surface area contributed by atoms with Crippen LogP contribution in [0.1, 0.15) is 60.4 Å². The number of halogens is 1. The topological polar surface area (TPSA) is 95.1 Å². The quantitative estimate of drug-likeness (QED) is 0.403. The van der Waals surface area contributed by atoms with Crippen molar-refractivity contribution in [2.45, 2.75) is 63.7 Å². The molecular formula is C28H34FN7O. The lowest BCUT2D eigenvalue weighted by molar-refractivity contribution is 0.0951. The van der Waals surface area contributed by atoms with Gasteiger partial charge in [-0.25, -0.2) is 19.3 Å². The summed E-state index contributed by atoms with van der Waals surface area (Å²) in [4.78, 5) is 28.1. The van der Waals surface area contributed by atoms with Crippen molar-refractivity contribution in [2.75, 3.05) is 24.7 Å². The van der Waals surface area contributed by atoms with Gasteiger partial charge in [-0.1, -0.05) is 6.07 Å². The van der Waals surface area contributed by atoms with Crippen LogP contribution in [-0.4, -0.2) is 51.9 Å². The van der Waals surface area contributed by atoms with E-state index in [9.17, 15) is 9.18 Å². The highest BCUT2D eigenvalue weighted by molar-refractivity contribution is 6.00. The molecule has 1 amide bonds. The molecule has 1 fully saturated rings. The van der Waals surface area contributed by atoms with Crippen molar-refractivity contribution in [3.8, 4) is 0 Å². The summed E-state index contributed by atoms with van der Waals surface area (Å²) >= 11 is 0. The molecule has 37 heavy (non-hydrogen) atoms. The number of fused-ring (bicyclic) bond motifs is 1. The van der Waals surface area contributed by atoms with Gasteiger partial charge in [-0.2, -0.15) is 0 Å². The molecule has 0 aliphatic heterocycles. The zero-order valence-corrected chi connectivity index (χ0v) is 21.8. The molecule has 3 aromatic rings. The van der Waals surface area contributed by atoms with Gasteiger partial charge in [0.05, 0.1) is 11.3 Å². The second-order valence-corrected chi connectivity index (χ2v) is 10.7. The molecule has 1 unspecified atom stereocenters. The average molecular weight is 504 g/mol. The molecule has 2 aromatic heterocycles. The van der Waals surface area contributed by atoms with Crippen molar-refractivity contribution < 1.29 is 9.18 Å². The Bertz CT molecular complexity index is 1300. The lowest BCUT2D eigenvalue weighted by Gasteiger charge is -2.30. The van der Waals surface area contributed by atoms with Crippen LogP contribution in [0.25, 0.3) is 0 Å². The van der Waals surface area contributed by atoms with Crippen molar-refractivity contribution >= 4 is 28.9 Å². The van der Waals surface area contributed by atoms with Crippen LogP contribution in [0.5, 0.6) is 0 Å². The minimum atomic E-state index is -1.69. The van der Waals surface area contributed by atoms with Crippen LogP contribution < -0.4 is 16.0 Å². The van der Waals surface area contributed by atoms with Crippen LogP contribution in [0.3, 0.4) is 0 Å². The first-order chi connectivity index (χ1) is 17.7. The maximum absolute atomic E-state index is 14.5. The fraction of sp³-hybridized carbons (Fsp3) is 0.429. The van der Waals surface area contributed by atoms with E-state index in [4.69, 9.17) is 0 Å². The molecule has 194 valence electrons. The van der Waals surface area contributed by atoms with E-state index in [0.29, 0.717) is 28.9 Å². The van der Waals surface area contributed by atoms with Crippen LogP contribution in [0, 0.1) is 0 Å². The van der Waals surface area contributed by atoms with E-state index in [-0.39, 0.29) is 17.8 Å². The number of nitrogens with one attached hydrogen (secondary N) is 3. The van der Waals surface area contributed by atoms with Gasteiger partial charge < -0.3 is 20.9 Å². The number of likely N-dealkylation sites (N-methyl/N-ethyl adjacent to an activating group) is 1. The highest BCUT2D eigenvalue weighted by atomic mass is 19.1. The van der Waals surface area contributed by atoms with E-state index in [1.807, 2.05) is 0 Å². The van der Waals surface area contributed by atoms with Gasteiger partial charge in [0, 0.05) is 36.2 Å². The summed E-state index contributed by atoms with van der Waals surface area (Å²) in [5, 5.41) is 9.59. The number of amides is 1. The molecule has 0 saturated heterocycles. The number of carbonyl (C=O) groups excluding carboxylic acids is 1. The van der Waals surface area contributed by atoms with Crippen molar-refractivity contribution in [2.24, 2.45) is 0 Å². The smallest absolute Gasteiger partial charge is 0.255 e. The number of rotatable bonds is 8. The fourth-order valence-electron chi connectivity index (χ4n) is 4.56. The van der Waals surface area contributed by atoms with Gasteiger partial charge in [0.1, 0.15) is 11.6 Å². The first kappa shape index (κ1) is 25.1. The molecular weight excluding hydrogens is 469 g/mol. The Kier molecular flexibility index (Phi) is 6.81. The molecule has 1 atom stereocenters. The number of aryl methyl sites for hydroxylation is 1. The Morgan fingerprint density at radius 1 is 1.03 bits per heavy atom. The predicted octanol–water partition coefficient (Wildman–Crippen LogP) is 4.87. The number of carbonyl (C=O) groups is 1. The number of alkyl halides is 1. The second-order valence-electron chi connectivity index (χ2n) is 10.7. The van der Waals surface area contributed by atoms with Crippen molar-refractivity contribution in [1.29, 1.82) is 0 Å². The summed E-state index contributed by atoms with van der Waals surface area (Å²) in [6.45, 7) is 2.82. The summed E-state index contributed by atoms with van der Waals surface area (Å²) < 4.78 is 14.5. The molecule has 1 saturated carbocycles. The minimum Gasteiger partial charge on any atom is -0.349 e. The molecule has 2 aliphatic rings. The van der Waals surface area contributed by atoms with E-state index >= 15 is 0 Å². The molecule has 3 N–H and O–H groups in total. The summed E-state index contributed by atoms with van der Waals surface area (Å²) in [6.07, 6.45) is 8.28. The number of nitrogens with zero attached hydrogens (tertiary/aromatic N) is 4. The summed E-state index contributed by atoms with van der Waals surface area (Å²) in [6, 6.07) is 10.6. The van der Waals surface area contributed by atoms with Crippen molar-refractivity contribution in [3.05, 3.63) is 65.2 Å². The van der Waals surface area contributed by atoms with Crippen LogP contribution in [-0.2, 0) is 18.5 Å². The molecule has 2 aliphatic carbocycles. The van der Waals surface area contributed by atoms with E-state index in [2.05, 4.69) is 68.1 Å². The van der Waals surface area contributed by atoms with E-state index < -0.39 is 5.67 Å². The Labute approximate surface area is 217 Å². The van der Waals surface area contributed by atoms with Crippen LogP contribution >= 0.6 is 0 Å². The Hall–Kier alpha value is -3.59. The maximum Gasteiger partial charge on any atom is 0.255 e. The lowest BCUT2D eigenvalue weighted by atomic mass is 9.87. The Balaban J connectivity index is 1.42. The van der Waals surface area contributed by atoms with Crippen LogP contribution in [0.15, 0.2) is 42.7 Å². The third kappa shape index (κ3) is 6.05. The van der Waals surface area contributed by atoms with Crippen molar-refractivity contribution in [1.82, 2.24) is 25.2 Å². The normalized spacial score (nSPS) is 17.3. The molecule has 0 radical (unpaired) electrons. The van der Waals surface area contributed by atoms with Gasteiger partial charge in [0.2, 0.25) is 0 Å². The number of anilines is 4. The standard InChI is InChI=1S/C28H34FN7O/c1-28(2,29)27-30-12-11-24(35-27)34-23-15-25(31-16-22(23)26(37)33-19-8-9-19)32-20-7-5-17-6-10-21(36(3)4)14-18(17)13-20/h5,7,11-13,15-16,19,21H,6,8-10,14H2,1-4H3,(H,33,37)(H2,30,31,32,34,35). The maximum atomic E-state index is 14.5. The SMILES string of the molecule is CN(C)C1CCc2ccc(Nc3cc(Nc4ccnc(C(C)(C)F)n4)c(C(=O)NC4CC4)cn3)cc2C1. The number of hydrogen-bond donors (Lipinski definition) is 3. The third-order valence-corrected chi connectivity index (χ3v) is 6.92. The summed E-state index contributed by atoms with van der Waals surface area (Å²) in [5.41, 5.74) is 2.92. The number of aromatic nitrogens is 3. The lowest BCUT2D eigenvalue weighted by Crippen LogP contribution is -2.33. The molecule has 0 spiro atoms. The molecule has 2 heterocycles. The number of hydrogen-bond acceptors (Lipinski definition) is 7. The van der Waals surface area contributed by atoms with Gasteiger partial charge in [0.25, 0.3) is 5.91 Å². The first-order valence-corrected chi connectivity index (χ1v) is 12.8. The van der Waals surface area contributed by atoms with E-state index in [1.54, 1.807) is 18.3 Å². The highest BCUT2D eigenvalue weighted by Gasteiger charge is 2.26. The van der Waals surface area contributed by atoms with E-state index in [1.165, 1.54) is 31.2 Å². The molecule has 5 rings (SSSR count). The van der Waals surface area contributed by atoms with Gasteiger partial charge >= 0.3 is 0 Å². The number of pyridine rings is 1. The highest BCUT2D eigenvalue weighted by Crippen LogP contribution is 2.30. The first-order valence-electron chi connectivity index (χ1n) is 12.8. The fourth-order valence-corrected chi connectivity index (χ4v) is 4.56. The zero-order valence-electron chi connectivity index (χ0n) is 21.8. The van der Waals surface area contributed by atoms with Gasteiger partial charge in [-0.15, -0.1) is 0 Å². The summed E-state index contributed by atoms with van der Waals surface area (Å²) in [5.74, 6) is 0.856. The van der Waals surface area contributed by atoms with Crippen molar-refractivity contribution in [3.63, 3.8) is 0 Å². The average Bonchev–Trinajstić information content (AvgIpc) is 3.67. The van der Waals surface area contributed by atoms with Crippen LogP contribution in [0.4, 0.5) is 27.4 Å². The largest absolute Gasteiger partial charge is 0.349 e. The third-order valence-electron chi connectivity index (χ3n) is 6.92. The van der Waals surface area contributed by atoms with Gasteiger partial charge in [0.15, 0.2) is 11.5 Å². The molecule has 9 heteroatoms. The minimum absolute atomic E-state index is 0.0685. The monoisotopic (exact) mass is 503 g/mol. The zero-order chi connectivity index (χ0) is 26.2. The Morgan fingerprint density at radius 2 is 1.84 bits per heavy atom. The van der Waals surface area contributed by atoms with E-state index in [0.717, 1.165) is 37.8 Å².